The standard InChI is InChI=1S/C29H24N2O6/c1-3-15-5-7-16(8-6-15)25-17-9-23-24(37-14-36-23)11-21(17)30-26-18(25)12-31-22(26)10-20-19(27(31)32)13-35-28(33)29(20,34)4-2/h5-11,34H,3-4,12-14H2,1-2H3/t29-/m0/s1. The minimum Gasteiger partial charge on any atom is -0.458 e. The Morgan fingerprint density at radius 1 is 1.00 bits per heavy atom. The molecule has 0 saturated heterocycles. The van der Waals surface area contributed by atoms with Crippen molar-refractivity contribution in [2.75, 3.05) is 6.79 Å². The third kappa shape index (κ3) is 2.96. The highest BCUT2D eigenvalue weighted by molar-refractivity contribution is 6.01. The second-order valence-electron chi connectivity index (χ2n) is 9.69. The zero-order valence-corrected chi connectivity index (χ0v) is 20.5. The van der Waals surface area contributed by atoms with E-state index in [0.717, 1.165) is 28.5 Å². The Hall–Kier alpha value is -4.17. The molecule has 0 amide bonds. The molecule has 3 aliphatic rings. The van der Waals surface area contributed by atoms with Gasteiger partial charge in [0.2, 0.25) is 6.79 Å². The van der Waals surface area contributed by atoms with Crippen molar-refractivity contribution < 1.29 is 24.1 Å². The van der Waals surface area contributed by atoms with E-state index >= 15 is 0 Å². The van der Waals surface area contributed by atoms with E-state index in [2.05, 4.69) is 31.2 Å². The van der Waals surface area contributed by atoms with Gasteiger partial charge < -0.3 is 23.9 Å². The summed E-state index contributed by atoms with van der Waals surface area (Å²) in [5.41, 5.74) is 4.51. The molecule has 0 bridgehead atoms. The molecule has 8 nitrogen and oxygen atoms in total. The second kappa shape index (κ2) is 7.66. The van der Waals surface area contributed by atoms with Gasteiger partial charge in [0.25, 0.3) is 5.56 Å². The van der Waals surface area contributed by atoms with Crippen molar-refractivity contribution in [2.45, 2.75) is 45.4 Å². The van der Waals surface area contributed by atoms with Gasteiger partial charge in [0.1, 0.15) is 6.61 Å². The third-order valence-electron chi connectivity index (χ3n) is 7.83. The fraction of sp³-hybridized carbons (Fsp3) is 0.276. The number of cyclic esters (lactones) is 1. The Labute approximate surface area is 212 Å². The van der Waals surface area contributed by atoms with Crippen molar-refractivity contribution in [1.82, 2.24) is 9.55 Å². The first-order valence-electron chi connectivity index (χ1n) is 12.5. The van der Waals surface area contributed by atoms with Gasteiger partial charge in [-0.15, -0.1) is 0 Å². The number of aromatic nitrogens is 2. The van der Waals surface area contributed by atoms with E-state index in [4.69, 9.17) is 19.2 Å². The molecule has 1 N–H and O–H groups in total. The van der Waals surface area contributed by atoms with Crippen molar-refractivity contribution in [3.8, 4) is 34.0 Å². The molecule has 186 valence electrons. The van der Waals surface area contributed by atoms with E-state index in [1.165, 1.54) is 5.56 Å². The number of pyridine rings is 2. The molecule has 0 fully saturated rings. The summed E-state index contributed by atoms with van der Waals surface area (Å²) in [5, 5.41) is 12.1. The molecule has 1 atom stereocenters. The number of benzene rings is 2. The number of aryl methyl sites for hydroxylation is 1. The Morgan fingerprint density at radius 2 is 1.76 bits per heavy atom. The minimum atomic E-state index is -1.87. The lowest BCUT2D eigenvalue weighted by molar-refractivity contribution is -0.172. The van der Waals surface area contributed by atoms with Crippen molar-refractivity contribution in [2.24, 2.45) is 0 Å². The van der Waals surface area contributed by atoms with Crippen LogP contribution in [0.3, 0.4) is 0 Å². The maximum atomic E-state index is 13.7. The smallest absolute Gasteiger partial charge is 0.343 e. The molecule has 3 aliphatic heterocycles. The molecule has 7 rings (SSSR count). The Morgan fingerprint density at radius 3 is 2.49 bits per heavy atom. The molecule has 8 heteroatoms. The summed E-state index contributed by atoms with van der Waals surface area (Å²) in [6.07, 6.45) is 1.03. The molecule has 4 aromatic rings. The number of carbonyl (C=O) groups excluding carboxylic acids is 1. The summed E-state index contributed by atoms with van der Waals surface area (Å²) < 4.78 is 18.2. The van der Waals surface area contributed by atoms with Gasteiger partial charge in [-0.1, -0.05) is 38.1 Å². The molecule has 2 aromatic heterocycles. The first-order chi connectivity index (χ1) is 17.9. The summed E-state index contributed by atoms with van der Waals surface area (Å²) in [6.45, 7) is 4.13. The van der Waals surface area contributed by atoms with Crippen molar-refractivity contribution in [3.63, 3.8) is 0 Å². The van der Waals surface area contributed by atoms with Gasteiger partial charge in [-0.05, 0) is 41.7 Å². The van der Waals surface area contributed by atoms with E-state index < -0.39 is 11.6 Å². The molecule has 2 aromatic carbocycles. The van der Waals surface area contributed by atoms with Crippen LogP contribution in [-0.4, -0.2) is 27.4 Å². The summed E-state index contributed by atoms with van der Waals surface area (Å²) in [4.78, 5) is 31.2. The molecule has 0 spiro atoms. The second-order valence-corrected chi connectivity index (χ2v) is 9.69. The first kappa shape index (κ1) is 22.1. The molecular weight excluding hydrogens is 472 g/mol. The van der Waals surface area contributed by atoms with Crippen LogP contribution in [0.2, 0.25) is 0 Å². The number of carbonyl (C=O) groups is 1. The van der Waals surface area contributed by atoms with Crippen LogP contribution in [0.5, 0.6) is 11.5 Å². The van der Waals surface area contributed by atoms with E-state index in [1.807, 2.05) is 12.1 Å². The normalized spacial score (nSPS) is 18.9. The van der Waals surface area contributed by atoms with Gasteiger partial charge in [-0.25, -0.2) is 9.78 Å². The Bertz CT molecular complexity index is 1710. The van der Waals surface area contributed by atoms with E-state index in [1.54, 1.807) is 17.6 Å². The summed E-state index contributed by atoms with van der Waals surface area (Å²) in [5.74, 6) is 0.546. The topological polar surface area (TPSA) is 99.9 Å². The molecule has 0 aliphatic carbocycles. The van der Waals surface area contributed by atoms with E-state index in [9.17, 15) is 14.7 Å². The molecule has 0 radical (unpaired) electrons. The highest BCUT2D eigenvalue weighted by atomic mass is 16.7. The van der Waals surface area contributed by atoms with Crippen LogP contribution < -0.4 is 15.0 Å². The maximum Gasteiger partial charge on any atom is 0.343 e. The largest absolute Gasteiger partial charge is 0.458 e. The highest BCUT2D eigenvalue weighted by Crippen LogP contribution is 2.46. The van der Waals surface area contributed by atoms with Crippen LogP contribution in [0.25, 0.3) is 33.4 Å². The van der Waals surface area contributed by atoms with Crippen LogP contribution >= 0.6 is 0 Å². The number of ether oxygens (including phenoxy) is 3. The number of hydrogen-bond acceptors (Lipinski definition) is 7. The maximum absolute atomic E-state index is 13.7. The molecular formula is C29H24N2O6. The van der Waals surface area contributed by atoms with Gasteiger partial charge in [-0.3, -0.25) is 4.79 Å². The Kier molecular flexibility index (Phi) is 4.57. The van der Waals surface area contributed by atoms with Crippen LogP contribution in [0.4, 0.5) is 0 Å². The zero-order chi connectivity index (χ0) is 25.5. The SMILES string of the molecule is CCc1ccc(-c2c3c(nc4cc5c(cc24)OCO5)-c2cc4c(c(=O)n2C3)COC(=O)[C@]4(O)CC)cc1. The fourth-order valence-electron chi connectivity index (χ4n) is 5.71. The minimum absolute atomic E-state index is 0.0955. The van der Waals surface area contributed by atoms with Crippen molar-refractivity contribution >= 4 is 16.9 Å². The average molecular weight is 497 g/mol. The summed E-state index contributed by atoms with van der Waals surface area (Å²) in [7, 11) is 0. The van der Waals surface area contributed by atoms with Crippen LogP contribution in [0.1, 0.15) is 42.5 Å². The zero-order valence-electron chi connectivity index (χ0n) is 20.5. The quantitative estimate of drug-likeness (QED) is 0.376. The number of esters is 1. The van der Waals surface area contributed by atoms with Crippen LogP contribution in [0, 0.1) is 0 Å². The van der Waals surface area contributed by atoms with Gasteiger partial charge in [0.05, 0.1) is 29.0 Å². The van der Waals surface area contributed by atoms with E-state index in [0.29, 0.717) is 46.1 Å². The van der Waals surface area contributed by atoms with Gasteiger partial charge in [0, 0.05) is 22.6 Å². The number of fused-ring (bicyclic) bond motifs is 6. The van der Waals surface area contributed by atoms with Gasteiger partial charge >= 0.3 is 5.97 Å². The fourth-order valence-corrected chi connectivity index (χ4v) is 5.71. The lowest BCUT2D eigenvalue weighted by atomic mass is 9.86. The Balaban J connectivity index is 1.54. The average Bonchev–Trinajstić information content (AvgIpc) is 3.53. The number of aliphatic hydroxyl groups is 1. The lowest BCUT2D eigenvalue weighted by Gasteiger charge is -2.31. The number of rotatable bonds is 3. The van der Waals surface area contributed by atoms with Crippen LogP contribution in [0.15, 0.2) is 47.3 Å². The monoisotopic (exact) mass is 496 g/mol. The number of nitrogens with zero attached hydrogens (tertiary/aromatic N) is 2. The highest BCUT2D eigenvalue weighted by Gasteiger charge is 2.45. The lowest BCUT2D eigenvalue weighted by Crippen LogP contribution is -2.44. The third-order valence-corrected chi connectivity index (χ3v) is 7.83. The predicted octanol–water partition coefficient (Wildman–Crippen LogP) is 4.04. The van der Waals surface area contributed by atoms with Gasteiger partial charge in [-0.2, -0.15) is 0 Å². The number of hydrogen-bond donors (Lipinski definition) is 1. The molecule has 5 heterocycles. The van der Waals surface area contributed by atoms with E-state index in [-0.39, 0.29) is 25.4 Å². The summed E-state index contributed by atoms with van der Waals surface area (Å²) >= 11 is 0. The van der Waals surface area contributed by atoms with Crippen molar-refractivity contribution in [3.05, 3.63) is 75.1 Å². The molecule has 0 saturated carbocycles. The first-order valence-corrected chi connectivity index (χ1v) is 12.5. The van der Waals surface area contributed by atoms with Gasteiger partial charge in [0.15, 0.2) is 17.1 Å². The molecule has 0 unspecified atom stereocenters. The molecule has 37 heavy (non-hydrogen) atoms. The van der Waals surface area contributed by atoms with Crippen LogP contribution in [-0.2, 0) is 34.7 Å². The summed E-state index contributed by atoms with van der Waals surface area (Å²) in [6, 6.07) is 14.0. The van der Waals surface area contributed by atoms with Crippen molar-refractivity contribution in [1.29, 1.82) is 0 Å². The predicted molar refractivity (Wildman–Crippen MR) is 135 cm³/mol.